The van der Waals surface area contributed by atoms with Gasteiger partial charge in [0.2, 0.25) is 5.91 Å². The second kappa shape index (κ2) is 11.5. The van der Waals surface area contributed by atoms with Gasteiger partial charge in [0, 0.05) is 50.8 Å². The second-order valence-electron chi connectivity index (χ2n) is 8.83. The van der Waals surface area contributed by atoms with Crippen LogP contribution >= 0.6 is 11.3 Å². The van der Waals surface area contributed by atoms with E-state index >= 15 is 0 Å². The molecule has 1 saturated heterocycles. The highest BCUT2D eigenvalue weighted by Gasteiger charge is 2.26. The normalized spacial score (nSPS) is 15.1. The van der Waals surface area contributed by atoms with Crippen molar-refractivity contribution in [3.8, 4) is 0 Å². The molecule has 1 fully saturated rings. The van der Waals surface area contributed by atoms with Gasteiger partial charge < -0.3 is 15.5 Å². The van der Waals surface area contributed by atoms with Gasteiger partial charge in [0.05, 0.1) is 6.54 Å². The summed E-state index contributed by atoms with van der Waals surface area (Å²) < 4.78 is 1.35. The van der Waals surface area contributed by atoms with Crippen LogP contribution in [0.3, 0.4) is 0 Å². The Morgan fingerprint density at radius 1 is 1.27 bits per heavy atom. The lowest BCUT2D eigenvalue weighted by atomic mass is 10.2. The van der Waals surface area contributed by atoms with Crippen LogP contribution in [0.1, 0.15) is 40.0 Å². The van der Waals surface area contributed by atoms with Gasteiger partial charge in [-0.1, -0.05) is 27.2 Å². The number of carbonyl (C=O) groups is 1. The monoisotopic (exact) mass is 477 g/mol. The SMILES string of the molecule is CCCCN(C(=O)CN1CCCN(c2nccs2)CC1)c1c(N)n(CC(C)C)c(=O)[nH]c1=O. The summed E-state index contributed by atoms with van der Waals surface area (Å²) in [6, 6.07) is 0. The average molecular weight is 478 g/mol. The zero-order valence-corrected chi connectivity index (χ0v) is 20.6. The molecule has 3 N–H and O–H groups in total. The molecule has 0 saturated carbocycles. The first-order chi connectivity index (χ1) is 15.8. The quantitative estimate of drug-likeness (QED) is 0.562. The number of unbranched alkanes of at least 4 members (excludes halogenated alkanes) is 1. The molecule has 0 radical (unpaired) electrons. The van der Waals surface area contributed by atoms with Crippen molar-refractivity contribution in [1.29, 1.82) is 0 Å². The van der Waals surface area contributed by atoms with Gasteiger partial charge in [0.1, 0.15) is 5.82 Å². The van der Waals surface area contributed by atoms with Crippen molar-refractivity contribution in [3.63, 3.8) is 0 Å². The summed E-state index contributed by atoms with van der Waals surface area (Å²) in [7, 11) is 0. The number of nitrogens with one attached hydrogen (secondary N) is 1. The molecule has 1 amide bonds. The zero-order valence-electron chi connectivity index (χ0n) is 19.7. The van der Waals surface area contributed by atoms with Crippen LogP contribution in [0.5, 0.6) is 0 Å². The highest BCUT2D eigenvalue weighted by molar-refractivity contribution is 7.13. The average Bonchev–Trinajstić information content (AvgIpc) is 3.20. The maximum absolute atomic E-state index is 13.4. The number of hydrogen-bond acceptors (Lipinski definition) is 8. The second-order valence-corrected chi connectivity index (χ2v) is 9.70. The summed E-state index contributed by atoms with van der Waals surface area (Å²) in [4.78, 5) is 51.1. The Hall–Kier alpha value is -2.66. The van der Waals surface area contributed by atoms with Crippen LogP contribution in [-0.4, -0.2) is 64.6 Å². The third-order valence-electron chi connectivity index (χ3n) is 5.71. The molecule has 0 atom stereocenters. The summed E-state index contributed by atoms with van der Waals surface area (Å²) in [5.74, 6) is 0.0206. The zero-order chi connectivity index (χ0) is 24.0. The van der Waals surface area contributed by atoms with Gasteiger partial charge in [-0.15, -0.1) is 11.3 Å². The first-order valence-electron chi connectivity index (χ1n) is 11.6. The van der Waals surface area contributed by atoms with Crippen LogP contribution in [0.15, 0.2) is 21.2 Å². The molecule has 0 unspecified atom stereocenters. The predicted molar refractivity (Wildman–Crippen MR) is 133 cm³/mol. The minimum Gasteiger partial charge on any atom is -0.383 e. The van der Waals surface area contributed by atoms with Crippen molar-refractivity contribution < 1.29 is 4.79 Å². The Bertz CT molecular complexity index is 1030. The number of rotatable bonds is 9. The molecular formula is C22H35N7O3S. The van der Waals surface area contributed by atoms with E-state index in [2.05, 4.69) is 19.8 Å². The first kappa shape index (κ1) is 25.0. The molecule has 0 bridgehead atoms. The number of H-pyrrole nitrogens is 1. The maximum atomic E-state index is 13.4. The number of amides is 1. The fraction of sp³-hybridized carbons (Fsp3) is 0.636. The van der Waals surface area contributed by atoms with Gasteiger partial charge in [0.15, 0.2) is 10.8 Å². The Morgan fingerprint density at radius 2 is 2.06 bits per heavy atom. The van der Waals surface area contributed by atoms with Gasteiger partial charge in [-0.3, -0.25) is 24.0 Å². The molecule has 182 valence electrons. The van der Waals surface area contributed by atoms with Crippen LogP contribution in [0.25, 0.3) is 0 Å². The molecule has 2 aromatic rings. The summed E-state index contributed by atoms with van der Waals surface area (Å²) in [5, 5.41) is 2.97. The fourth-order valence-electron chi connectivity index (χ4n) is 4.03. The lowest BCUT2D eigenvalue weighted by molar-refractivity contribution is -0.119. The van der Waals surface area contributed by atoms with Crippen molar-refractivity contribution in [2.45, 2.75) is 46.6 Å². The van der Waals surface area contributed by atoms with Crippen molar-refractivity contribution in [2.24, 2.45) is 5.92 Å². The molecule has 0 aromatic carbocycles. The highest BCUT2D eigenvalue weighted by Crippen LogP contribution is 2.21. The van der Waals surface area contributed by atoms with Gasteiger partial charge in [-0.25, -0.2) is 9.78 Å². The van der Waals surface area contributed by atoms with E-state index in [4.69, 9.17) is 5.73 Å². The van der Waals surface area contributed by atoms with Crippen molar-refractivity contribution in [3.05, 3.63) is 32.4 Å². The summed E-state index contributed by atoms with van der Waals surface area (Å²) >= 11 is 1.62. The third-order valence-corrected chi connectivity index (χ3v) is 6.54. The number of thiazole rings is 1. The molecule has 2 aromatic heterocycles. The molecular weight excluding hydrogens is 442 g/mol. The molecule has 33 heavy (non-hydrogen) atoms. The van der Waals surface area contributed by atoms with E-state index in [0.717, 1.165) is 50.6 Å². The summed E-state index contributed by atoms with van der Waals surface area (Å²) in [5.41, 5.74) is 5.21. The number of anilines is 3. The van der Waals surface area contributed by atoms with E-state index in [9.17, 15) is 14.4 Å². The summed E-state index contributed by atoms with van der Waals surface area (Å²) in [6.45, 7) is 10.1. The smallest absolute Gasteiger partial charge is 0.330 e. The van der Waals surface area contributed by atoms with Gasteiger partial charge in [0.25, 0.3) is 5.56 Å². The Kier molecular flexibility index (Phi) is 8.67. The number of hydrogen-bond donors (Lipinski definition) is 2. The molecule has 11 heteroatoms. The van der Waals surface area contributed by atoms with Crippen LogP contribution < -0.4 is 26.8 Å². The van der Waals surface area contributed by atoms with Crippen LogP contribution in [0, 0.1) is 5.92 Å². The summed E-state index contributed by atoms with van der Waals surface area (Å²) in [6.07, 6.45) is 4.31. The number of nitrogens with zero attached hydrogens (tertiary/aromatic N) is 5. The van der Waals surface area contributed by atoms with Crippen LogP contribution in [-0.2, 0) is 11.3 Å². The number of nitrogen functional groups attached to an aromatic ring is 1. The highest BCUT2D eigenvalue weighted by atomic mass is 32.1. The molecule has 1 aliphatic heterocycles. The van der Waals surface area contributed by atoms with Crippen LogP contribution in [0.2, 0.25) is 0 Å². The van der Waals surface area contributed by atoms with Crippen molar-refractivity contribution >= 4 is 33.9 Å². The Balaban J connectivity index is 1.81. The molecule has 3 rings (SSSR count). The maximum Gasteiger partial charge on any atom is 0.330 e. The number of nitrogens with two attached hydrogens (primary N) is 1. The third kappa shape index (κ3) is 6.23. The standard InChI is InChI=1S/C22H35N7O3S/c1-4-5-10-28(18-19(23)29(14-16(2)3)21(32)25-20(18)31)17(30)15-26-8-6-9-27(12-11-26)22-24-7-13-33-22/h7,13,16H,4-6,8-12,14-15,23H2,1-3H3,(H,25,31,32). The lowest BCUT2D eigenvalue weighted by Crippen LogP contribution is -2.46. The van der Waals surface area contributed by atoms with Crippen molar-refractivity contribution in [1.82, 2.24) is 19.4 Å². The van der Waals surface area contributed by atoms with Gasteiger partial charge >= 0.3 is 5.69 Å². The van der Waals surface area contributed by atoms with E-state index in [1.807, 2.05) is 26.2 Å². The fourth-order valence-corrected chi connectivity index (χ4v) is 4.73. The molecule has 1 aliphatic rings. The Morgan fingerprint density at radius 3 is 2.73 bits per heavy atom. The van der Waals surface area contributed by atoms with E-state index in [1.165, 1.54) is 9.47 Å². The van der Waals surface area contributed by atoms with Gasteiger partial charge in [-0.05, 0) is 18.8 Å². The molecule has 0 spiro atoms. The first-order valence-corrected chi connectivity index (χ1v) is 12.5. The number of aromatic nitrogens is 3. The molecule has 0 aliphatic carbocycles. The largest absolute Gasteiger partial charge is 0.383 e. The topological polar surface area (TPSA) is 121 Å². The lowest BCUT2D eigenvalue weighted by Gasteiger charge is -2.28. The minimum atomic E-state index is -0.618. The number of carbonyl (C=O) groups excluding carboxylic acids is 1. The van der Waals surface area contributed by atoms with Gasteiger partial charge in [-0.2, -0.15) is 0 Å². The molecule has 3 heterocycles. The minimum absolute atomic E-state index is 0.0488. The van der Waals surface area contributed by atoms with E-state index < -0.39 is 11.2 Å². The Labute approximate surface area is 198 Å². The van der Waals surface area contributed by atoms with Crippen molar-refractivity contribution in [2.75, 3.05) is 54.8 Å². The predicted octanol–water partition coefficient (Wildman–Crippen LogP) is 1.58. The van der Waals surface area contributed by atoms with E-state index in [1.54, 1.807) is 17.5 Å². The van der Waals surface area contributed by atoms with E-state index in [-0.39, 0.29) is 29.9 Å². The van der Waals surface area contributed by atoms with E-state index in [0.29, 0.717) is 13.1 Å². The van der Waals surface area contributed by atoms with Crippen LogP contribution in [0.4, 0.5) is 16.6 Å². The molecule has 10 nitrogen and oxygen atoms in total. The number of aromatic amines is 1.